The number of benzene rings is 2. The van der Waals surface area contributed by atoms with E-state index in [1.54, 1.807) is 13.8 Å². The number of anilines is 1. The topological polar surface area (TPSA) is 38.3 Å². The van der Waals surface area contributed by atoms with Gasteiger partial charge in [0.25, 0.3) is 5.91 Å². The molecule has 2 aromatic rings. The van der Waals surface area contributed by atoms with Gasteiger partial charge in [-0.25, -0.2) is 0 Å². The summed E-state index contributed by atoms with van der Waals surface area (Å²) in [4.78, 5) is 12.4. The van der Waals surface area contributed by atoms with Gasteiger partial charge < -0.3 is 10.1 Å². The molecule has 0 unspecified atom stereocenters. The van der Waals surface area contributed by atoms with Crippen LogP contribution in [0.5, 0.6) is 5.75 Å². The lowest BCUT2D eigenvalue weighted by molar-refractivity contribution is -0.118. The molecule has 0 saturated carbocycles. The zero-order valence-corrected chi connectivity index (χ0v) is 17.5. The molecule has 0 aromatic heterocycles. The van der Waals surface area contributed by atoms with Crippen molar-refractivity contribution in [1.29, 1.82) is 0 Å². The molecular formula is C20H22Cl3NO2. The van der Waals surface area contributed by atoms with Crippen molar-refractivity contribution in [2.75, 3.05) is 11.9 Å². The summed E-state index contributed by atoms with van der Waals surface area (Å²) >= 11 is 18.7. The number of ether oxygens (including phenoxy) is 1. The summed E-state index contributed by atoms with van der Waals surface area (Å²) in [6, 6.07) is 7.76. The number of hydrogen-bond acceptors (Lipinski definition) is 2. The molecule has 0 bridgehead atoms. The number of carbonyl (C=O) groups excluding carboxylic acids is 1. The average Bonchev–Trinajstić information content (AvgIpc) is 2.64. The number of nitrogens with one attached hydrogen (secondary N) is 1. The van der Waals surface area contributed by atoms with Crippen LogP contribution in [0.15, 0.2) is 24.3 Å². The maximum Gasteiger partial charge on any atom is 0.262 e. The van der Waals surface area contributed by atoms with E-state index in [0.717, 1.165) is 17.7 Å². The van der Waals surface area contributed by atoms with Crippen LogP contribution in [0.1, 0.15) is 42.9 Å². The van der Waals surface area contributed by atoms with E-state index in [2.05, 4.69) is 19.2 Å². The van der Waals surface area contributed by atoms with E-state index in [-0.39, 0.29) is 18.3 Å². The molecule has 1 atom stereocenters. The molecule has 0 spiro atoms. The van der Waals surface area contributed by atoms with Crippen LogP contribution in [-0.2, 0) is 4.79 Å². The van der Waals surface area contributed by atoms with Gasteiger partial charge in [-0.05, 0) is 48.9 Å². The molecule has 26 heavy (non-hydrogen) atoms. The minimum Gasteiger partial charge on any atom is -0.481 e. The summed E-state index contributed by atoms with van der Waals surface area (Å²) in [7, 11) is 0. The Bertz CT molecular complexity index is 792. The zero-order valence-electron chi connectivity index (χ0n) is 15.3. The Morgan fingerprint density at radius 3 is 2.23 bits per heavy atom. The standard InChI is InChI=1S/C20H22Cl3NO2/c1-5-11(2)14-8-6-7-9-15(14)24-16(25)10-26-20-18(22)12(3)17(21)13(4)19(20)23/h6-9,11H,5,10H2,1-4H3,(H,24,25)/t11-/m1/s1. The summed E-state index contributed by atoms with van der Waals surface area (Å²) in [5.74, 6) is 0.342. The fourth-order valence-corrected chi connectivity index (χ4v) is 3.44. The Morgan fingerprint density at radius 2 is 1.65 bits per heavy atom. The van der Waals surface area contributed by atoms with Crippen LogP contribution >= 0.6 is 34.8 Å². The Morgan fingerprint density at radius 1 is 1.08 bits per heavy atom. The lowest BCUT2D eigenvalue weighted by Gasteiger charge is -2.17. The number of amides is 1. The summed E-state index contributed by atoms with van der Waals surface area (Å²) < 4.78 is 5.61. The zero-order chi connectivity index (χ0) is 19.4. The van der Waals surface area contributed by atoms with Gasteiger partial charge in [0, 0.05) is 10.7 Å². The lowest BCUT2D eigenvalue weighted by atomic mass is 9.97. The second-order valence-corrected chi connectivity index (χ2v) is 7.39. The first-order valence-electron chi connectivity index (χ1n) is 8.43. The predicted octanol–water partition coefficient (Wildman–Crippen LogP) is 6.79. The highest BCUT2D eigenvalue weighted by molar-refractivity contribution is 6.42. The molecule has 2 rings (SSSR count). The third-order valence-corrected chi connectivity index (χ3v) is 5.92. The van der Waals surface area contributed by atoms with Crippen molar-refractivity contribution in [1.82, 2.24) is 0 Å². The van der Waals surface area contributed by atoms with E-state index in [0.29, 0.717) is 32.1 Å². The average molecular weight is 415 g/mol. The highest BCUT2D eigenvalue weighted by Gasteiger charge is 2.19. The van der Waals surface area contributed by atoms with E-state index >= 15 is 0 Å². The minimum absolute atomic E-state index is 0.200. The Labute approximate surface area is 169 Å². The van der Waals surface area contributed by atoms with Gasteiger partial charge in [-0.1, -0.05) is 66.8 Å². The molecule has 3 nitrogen and oxygen atoms in total. The molecule has 1 N–H and O–H groups in total. The Balaban J connectivity index is 2.14. The summed E-state index contributed by atoms with van der Waals surface area (Å²) in [6.07, 6.45) is 0.984. The smallest absolute Gasteiger partial charge is 0.262 e. The van der Waals surface area contributed by atoms with Gasteiger partial charge in [0.05, 0.1) is 10.0 Å². The predicted molar refractivity (Wildman–Crippen MR) is 110 cm³/mol. The van der Waals surface area contributed by atoms with Crippen LogP contribution in [0.2, 0.25) is 15.1 Å². The second-order valence-electron chi connectivity index (χ2n) is 6.25. The molecule has 0 saturated heterocycles. The van der Waals surface area contributed by atoms with Gasteiger partial charge in [-0.3, -0.25) is 4.79 Å². The third kappa shape index (κ3) is 4.46. The quantitative estimate of drug-likeness (QED) is 0.564. The van der Waals surface area contributed by atoms with Crippen LogP contribution in [-0.4, -0.2) is 12.5 Å². The van der Waals surface area contributed by atoms with Gasteiger partial charge in [-0.2, -0.15) is 0 Å². The normalized spacial score (nSPS) is 12.0. The highest BCUT2D eigenvalue weighted by Crippen LogP contribution is 2.42. The van der Waals surface area contributed by atoms with Gasteiger partial charge in [-0.15, -0.1) is 0 Å². The van der Waals surface area contributed by atoms with Crippen LogP contribution < -0.4 is 10.1 Å². The van der Waals surface area contributed by atoms with E-state index in [4.69, 9.17) is 39.5 Å². The maximum atomic E-state index is 12.4. The molecular weight excluding hydrogens is 393 g/mol. The molecule has 0 aliphatic heterocycles. The van der Waals surface area contributed by atoms with Gasteiger partial charge >= 0.3 is 0 Å². The maximum absolute atomic E-state index is 12.4. The van der Waals surface area contributed by atoms with Crippen molar-refractivity contribution in [2.24, 2.45) is 0 Å². The van der Waals surface area contributed by atoms with E-state index in [1.165, 1.54) is 0 Å². The SMILES string of the molecule is CC[C@@H](C)c1ccccc1NC(=O)COc1c(Cl)c(C)c(Cl)c(C)c1Cl. The van der Waals surface area contributed by atoms with Crippen molar-refractivity contribution < 1.29 is 9.53 Å². The van der Waals surface area contributed by atoms with Gasteiger partial charge in [0.15, 0.2) is 12.4 Å². The number of para-hydroxylation sites is 1. The minimum atomic E-state index is -0.279. The van der Waals surface area contributed by atoms with Gasteiger partial charge in [0.2, 0.25) is 0 Å². The summed E-state index contributed by atoms with van der Waals surface area (Å²) in [5.41, 5.74) is 3.23. The summed E-state index contributed by atoms with van der Waals surface area (Å²) in [5, 5.41) is 4.03. The molecule has 2 aromatic carbocycles. The first-order chi connectivity index (χ1) is 12.3. The molecule has 0 aliphatic carbocycles. The molecule has 0 aliphatic rings. The Kier molecular flexibility index (Phi) is 7.22. The van der Waals surface area contributed by atoms with Gasteiger partial charge in [0.1, 0.15) is 0 Å². The van der Waals surface area contributed by atoms with E-state index in [9.17, 15) is 4.79 Å². The second kappa shape index (κ2) is 8.98. The van der Waals surface area contributed by atoms with Crippen molar-refractivity contribution in [2.45, 2.75) is 40.0 Å². The number of carbonyl (C=O) groups is 1. The molecule has 0 radical (unpaired) electrons. The fourth-order valence-electron chi connectivity index (χ4n) is 2.62. The molecule has 0 fully saturated rings. The van der Waals surface area contributed by atoms with Crippen molar-refractivity contribution in [3.05, 3.63) is 56.0 Å². The fraction of sp³-hybridized carbons (Fsp3) is 0.350. The van der Waals surface area contributed by atoms with Crippen molar-refractivity contribution in [3.8, 4) is 5.75 Å². The Hall–Kier alpha value is -1.42. The van der Waals surface area contributed by atoms with Crippen LogP contribution in [0.4, 0.5) is 5.69 Å². The molecule has 6 heteroatoms. The van der Waals surface area contributed by atoms with E-state index < -0.39 is 0 Å². The number of rotatable bonds is 6. The van der Waals surface area contributed by atoms with E-state index in [1.807, 2.05) is 24.3 Å². The van der Waals surface area contributed by atoms with Crippen molar-refractivity contribution >= 4 is 46.4 Å². The number of halogens is 3. The van der Waals surface area contributed by atoms with Crippen molar-refractivity contribution in [3.63, 3.8) is 0 Å². The molecule has 0 heterocycles. The molecule has 1 amide bonds. The molecule has 140 valence electrons. The summed E-state index contributed by atoms with van der Waals surface area (Å²) in [6.45, 7) is 7.60. The number of hydrogen-bond donors (Lipinski definition) is 1. The largest absolute Gasteiger partial charge is 0.481 e. The van der Waals surface area contributed by atoms with Crippen LogP contribution in [0, 0.1) is 13.8 Å². The first-order valence-corrected chi connectivity index (χ1v) is 9.56. The first kappa shape index (κ1) is 20.9. The third-order valence-electron chi connectivity index (χ3n) is 4.44. The highest BCUT2D eigenvalue weighted by atomic mass is 35.5. The van der Waals surface area contributed by atoms with Crippen LogP contribution in [0.25, 0.3) is 0 Å². The monoisotopic (exact) mass is 413 g/mol. The lowest BCUT2D eigenvalue weighted by Crippen LogP contribution is -2.21. The van der Waals surface area contributed by atoms with Crippen LogP contribution in [0.3, 0.4) is 0 Å².